The summed E-state index contributed by atoms with van der Waals surface area (Å²) in [6.45, 7) is 0. The molecule has 51 heavy (non-hydrogen) atoms. The van der Waals surface area contributed by atoms with Crippen LogP contribution < -0.4 is 0 Å². The molecule has 5 nitrogen and oxygen atoms in total. The lowest BCUT2D eigenvalue weighted by Crippen LogP contribution is -2.00. The van der Waals surface area contributed by atoms with Crippen LogP contribution in [0.5, 0.6) is 0 Å². The molecular weight excluding hydrogens is 623 g/mol. The van der Waals surface area contributed by atoms with Crippen molar-refractivity contribution in [1.82, 2.24) is 24.5 Å². The molecule has 0 bridgehead atoms. The molecule has 0 saturated heterocycles. The van der Waals surface area contributed by atoms with Crippen LogP contribution in [-0.2, 0) is 0 Å². The average Bonchev–Trinajstić information content (AvgIpc) is 3.54. The molecule has 3 aromatic heterocycles. The van der Waals surface area contributed by atoms with Gasteiger partial charge in [0, 0.05) is 43.9 Å². The number of fused-ring (bicyclic) bond motifs is 5. The molecule has 3 heterocycles. The lowest BCUT2D eigenvalue weighted by Gasteiger charge is -2.15. The van der Waals surface area contributed by atoms with E-state index in [1.54, 1.807) is 0 Å². The van der Waals surface area contributed by atoms with Gasteiger partial charge in [-0.15, -0.1) is 0 Å². The second-order valence-corrected chi connectivity index (χ2v) is 13.3. The highest BCUT2D eigenvalue weighted by Crippen LogP contribution is 2.40. The van der Waals surface area contributed by atoms with Crippen LogP contribution >= 0.6 is 0 Å². The Morgan fingerprint density at radius 2 is 1.02 bits per heavy atom. The SMILES string of the molecule is C1=CCCC(c2nc(-c3ccc4c(c3)c3cc(-c5nc(-c6ccccc6)nc6ccccc56)ccc3n4C3=CC=CCC3)c3ccccc3n2)=C1. The maximum absolute atomic E-state index is 5.26. The van der Waals surface area contributed by atoms with Gasteiger partial charge in [-0.2, -0.15) is 0 Å². The third-order valence-electron chi connectivity index (χ3n) is 10.1. The van der Waals surface area contributed by atoms with Crippen molar-refractivity contribution in [2.75, 3.05) is 0 Å². The van der Waals surface area contributed by atoms with Crippen molar-refractivity contribution >= 4 is 54.9 Å². The minimum absolute atomic E-state index is 0.725. The molecule has 2 aliphatic carbocycles. The summed E-state index contributed by atoms with van der Waals surface area (Å²) in [7, 11) is 0. The minimum Gasteiger partial charge on any atom is -0.313 e. The molecule has 8 aromatic rings. The van der Waals surface area contributed by atoms with Gasteiger partial charge < -0.3 is 4.57 Å². The summed E-state index contributed by atoms with van der Waals surface area (Å²) in [5.41, 5.74) is 11.8. The number of hydrogen-bond donors (Lipinski definition) is 0. The molecule has 0 spiro atoms. The van der Waals surface area contributed by atoms with Crippen molar-refractivity contribution < 1.29 is 0 Å². The number of benzene rings is 5. The van der Waals surface area contributed by atoms with Gasteiger partial charge in [0.05, 0.1) is 33.5 Å². The lowest BCUT2D eigenvalue weighted by molar-refractivity contribution is 0.979. The van der Waals surface area contributed by atoms with E-state index in [1.807, 2.05) is 24.3 Å². The molecule has 10 rings (SSSR count). The number of aromatic nitrogens is 5. The van der Waals surface area contributed by atoms with Gasteiger partial charge in [0.15, 0.2) is 11.6 Å². The predicted molar refractivity (Wildman–Crippen MR) is 211 cm³/mol. The summed E-state index contributed by atoms with van der Waals surface area (Å²) in [6.07, 6.45) is 17.1. The normalized spacial score (nSPS) is 14.4. The van der Waals surface area contributed by atoms with Crippen LogP contribution in [0.25, 0.3) is 88.8 Å². The second-order valence-electron chi connectivity index (χ2n) is 13.3. The van der Waals surface area contributed by atoms with E-state index >= 15 is 0 Å². The molecular formula is C46H33N5. The zero-order chi connectivity index (χ0) is 33.7. The van der Waals surface area contributed by atoms with E-state index in [4.69, 9.17) is 19.9 Å². The largest absolute Gasteiger partial charge is 0.313 e. The summed E-state index contributed by atoms with van der Waals surface area (Å²) in [4.78, 5) is 20.5. The number of nitrogens with zero attached hydrogens (tertiary/aromatic N) is 5. The number of rotatable bonds is 5. The second kappa shape index (κ2) is 12.1. The zero-order valence-corrected chi connectivity index (χ0v) is 28.0. The molecule has 0 radical (unpaired) electrons. The van der Waals surface area contributed by atoms with Gasteiger partial charge in [0.25, 0.3) is 0 Å². The third-order valence-corrected chi connectivity index (χ3v) is 10.1. The number of para-hydroxylation sites is 2. The smallest absolute Gasteiger partial charge is 0.160 e. The highest BCUT2D eigenvalue weighted by atomic mass is 15.0. The molecule has 0 unspecified atom stereocenters. The van der Waals surface area contributed by atoms with Crippen LogP contribution in [0.1, 0.15) is 31.5 Å². The standard InChI is InChI=1S/C46H33N5/c1-4-14-30(15-5-1)45-47-39-22-12-10-20-35(39)43(49-45)32-24-26-41-37(28-32)38-29-33(25-27-42(38)51(41)34-18-8-3-9-19-34)44-36-21-11-13-23-40(36)48-46(50-44)31-16-6-2-7-17-31/h1-6,8,10-16,18,20-29H,7,9,17,19H2. The first-order valence-corrected chi connectivity index (χ1v) is 17.7. The van der Waals surface area contributed by atoms with Crippen molar-refractivity contribution in [3.05, 3.63) is 158 Å². The van der Waals surface area contributed by atoms with Gasteiger partial charge >= 0.3 is 0 Å². The summed E-state index contributed by atoms with van der Waals surface area (Å²) >= 11 is 0. The van der Waals surface area contributed by atoms with E-state index in [1.165, 1.54) is 33.1 Å². The van der Waals surface area contributed by atoms with Crippen molar-refractivity contribution in [3.8, 4) is 33.9 Å². The van der Waals surface area contributed by atoms with Crippen LogP contribution in [0.4, 0.5) is 0 Å². The summed E-state index contributed by atoms with van der Waals surface area (Å²) in [5, 5.41) is 4.46. The van der Waals surface area contributed by atoms with Crippen LogP contribution in [0, 0.1) is 0 Å². The first kappa shape index (κ1) is 29.5. The Morgan fingerprint density at radius 1 is 0.451 bits per heavy atom. The highest BCUT2D eigenvalue weighted by molar-refractivity contribution is 6.13. The van der Waals surface area contributed by atoms with Gasteiger partial charge in [0.2, 0.25) is 0 Å². The summed E-state index contributed by atoms with van der Waals surface area (Å²) in [5.74, 6) is 1.53. The molecule has 5 aromatic carbocycles. The Labute approximate surface area is 295 Å². The first-order valence-electron chi connectivity index (χ1n) is 17.7. The monoisotopic (exact) mass is 655 g/mol. The van der Waals surface area contributed by atoms with Crippen LogP contribution in [-0.4, -0.2) is 24.5 Å². The van der Waals surface area contributed by atoms with Gasteiger partial charge in [-0.1, -0.05) is 109 Å². The molecule has 0 atom stereocenters. The fraction of sp³-hybridized carbons (Fsp3) is 0.0870. The van der Waals surface area contributed by atoms with E-state index in [-0.39, 0.29) is 0 Å². The van der Waals surface area contributed by atoms with Crippen molar-refractivity contribution in [2.24, 2.45) is 0 Å². The fourth-order valence-corrected chi connectivity index (χ4v) is 7.65. The van der Waals surface area contributed by atoms with Crippen molar-refractivity contribution in [1.29, 1.82) is 0 Å². The molecule has 0 aliphatic heterocycles. The number of hydrogen-bond acceptors (Lipinski definition) is 4. The maximum Gasteiger partial charge on any atom is 0.160 e. The first-order chi connectivity index (χ1) is 25.3. The maximum atomic E-state index is 5.26. The molecule has 0 fully saturated rings. The van der Waals surface area contributed by atoms with Gasteiger partial charge in [0.1, 0.15) is 0 Å². The Morgan fingerprint density at radius 3 is 1.63 bits per heavy atom. The molecule has 0 saturated carbocycles. The van der Waals surface area contributed by atoms with Crippen LogP contribution in [0.2, 0.25) is 0 Å². The van der Waals surface area contributed by atoms with E-state index in [2.05, 4.69) is 132 Å². The molecule has 5 heteroatoms. The Hall–Kier alpha value is -6.46. The topological polar surface area (TPSA) is 56.5 Å². The van der Waals surface area contributed by atoms with E-state index in [0.717, 1.165) is 87.2 Å². The highest BCUT2D eigenvalue weighted by Gasteiger charge is 2.20. The van der Waals surface area contributed by atoms with E-state index in [9.17, 15) is 0 Å². The molecule has 0 N–H and O–H groups in total. The average molecular weight is 656 g/mol. The van der Waals surface area contributed by atoms with Crippen molar-refractivity contribution in [3.63, 3.8) is 0 Å². The Kier molecular flexibility index (Phi) is 7.02. The van der Waals surface area contributed by atoms with Gasteiger partial charge in [-0.3, -0.25) is 0 Å². The zero-order valence-electron chi connectivity index (χ0n) is 28.0. The Bertz CT molecular complexity index is 2800. The minimum atomic E-state index is 0.725. The summed E-state index contributed by atoms with van der Waals surface area (Å²) < 4.78 is 2.44. The van der Waals surface area contributed by atoms with Crippen molar-refractivity contribution in [2.45, 2.75) is 25.7 Å². The third kappa shape index (κ3) is 5.09. The quantitative estimate of drug-likeness (QED) is 0.185. The van der Waals surface area contributed by atoms with Gasteiger partial charge in [-0.05, 0) is 73.7 Å². The van der Waals surface area contributed by atoms with Crippen LogP contribution in [0.15, 0.2) is 152 Å². The molecule has 242 valence electrons. The number of allylic oxidation sites excluding steroid dienone is 8. The fourth-order valence-electron chi connectivity index (χ4n) is 7.65. The van der Waals surface area contributed by atoms with Crippen LogP contribution in [0.3, 0.4) is 0 Å². The van der Waals surface area contributed by atoms with E-state index in [0.29, 0.717) is 0 Å². The van der Waals surface area contributed by atoms with Gasteiger partial charge in [-0.25, -0.2) is 19.9 Å². The Balaban J connectivity index is 1.23. The van der Waals surface area contributed by atoms with E-state index < -0.39 is 0 Å². The lowest BCUT2D eigenvalue weighted by atomic mass is 10.00. The molecule has 0 amide bonds. The summed E-state index contributed by atoms with van der Waals surface area (Å²) in [6, 6.07) is 40.6. The predicted octanol–water partition coefficient (Wildman–Crippen LogP) is 11.6. The molecule has 2 aliphatic rings.